The maximum atomic E-state index is 11.5. The molecule has 1 amide bonds. The highest BCUT2D eigenvalue weighted by molar-refractivity contribution is 6.31. The number of pyridine rings is 1. The van der Waals surface area contributed by atoms with Gasteiger partial charge in [-0.25, -0.2) is 9.78 Å². The molecule has 0 aliphatic rings. The van der Waals surface area contributed by atoms with E-state index in [4.69, 9.17) is 16.7 Å². The summed E-state index contributed by atoms with van der Waals surface area (Å²) in [5, 5.41) is 8.88. The highest BCUT2D eigenvalue weighted by Gasteiger charge is 2.14. The van der Waals surface area contributed by atoms with Gasteiger partial charge in [0.15, 0.2) is 5.69 Å². The van der Waals surface area contributed by atoms with Crippen LogP contribution in [0, 0.1) is 0 Å². The number of carbonyl (C=O) groups is 2. The lowest BCUT2D eigenvalue weighted by molar-refractivity contribution is 0.0690. The monoisotopic (exact) mass is 228 g/mol. The summed E-state index contributed by atoms with van der Waals surface area (Å²) in [5.41, 5.74) is -0.224. The SMILES string of the molecule is CN(C)C(=O)c1cc(Cl)cc(C(=O)O)n1. The van der Waals surface area contributed by atoms with Gasteiger partial charge in [-0.15, -0.1) is 0 Å². The maximum Gasteiger partial charge on any atom is 0.354 e. The second-order valence-corrected chi connectivity index (χ2v) is 3.50. The van der Waals surface area contributed by atoms with Gasteiger partial charge in [-0.3, -0.25) is 4.79 Å². The number of rotatable bonds is 2. The number of carboxylic acids is 1. The van der Waals surface area contributed by atoms with Gasteiger partial charge in [0.2, 0.25) is 0 Å². The van der Waals surface area contributed by atoms with E-state index in [9.17, 15) is 9.59 Å². The van der Waals surface area contributed by atoms with Crippen molar-refractivity contribution in [3.63, 3.8) is 0 Å². The van der Waals surface area contributed by atoms with Crippen LogP contribution in [0.4, 0.5) is 0 Å². The number of nitrogens with zero attached hydrogens (tertiary/aromatic N) is 2. The molecular weight excluding hydrogens is 220 g/mol. The third kappa shape index (κ3) is 2.66. The molecule has 0 bridgehead atoms. The summed E-state index contributed by atoms with van der Waals surface area (Å²) in [4.78, 5) is 27.1. The van der Waals surface area contributed by atoms with Gasteiger partial charge in [0.25, 0.3) is 5.91 Å². The molecule has 0 aliphatic carbocycles. The maximum absolute atomic E-state index is 11.5. The third-order valence-electron chi connectivity index (χ3n) is 1.63. The van der Waals surface area contributed by atoms with Crippen molar-refractivity contribution in [2.75, 3.05) is 14.1 Å². The summed E-state index contributed by atoms with van der Waals surface area (Å²) in [6.07, 6.45) is 0. The van der Waals surface area contributed by atoms with Crippen molar-refractivity contribution in [2.45, 2.75) is 0 Å². The number of carboxylic acid groups (broad SMARTS) is 1. The molecule has 6 heteroatoms. The molecule has 1 heterocycles. The van der Waals surface area contributed by atoms with Gasteiger partial charge in [-0.05, 0) is 12.1 Å². The van der Waals surface area contributed by atoms with Gasteiger partial charge in [-0.1, -0.05) is 11.6 Å². The summed E-state index contributed by atoms with van der Waals surface area (Å²) >= 11 is 5.67. The van der Waals surface area contributed by atoms with Crippen molar-refractivity contribution in [3.8, 4) is 0 Å². The lowest BCUT2D eigenvalue weighted by Gasteiger charge is -2.09. The van der Waals surface area contributed by atoms with Crippen molar-refractivity contribution in [2.24, 2.45) is 0 Å². The molecule has 1 rings (SSSR count). The molecule has 15 heavy (non-hydrogen) atoms. The van der Waals surface area contributed by atoms with Crippen LogP contribution in [0.25, 0.3) is 0 Å². The van der Waals surface area contributed by atoms with E-state index >= 15 is 0 Å². The minimum atomic E-state index is -1.22. The Morgan fingerprint density at radius 1 is 1.33 bits per heavy atom. The van der Waals surface area contributed by atoms with Crippen molar-refractivity contribution in [3.05, 3.63) is 28.5 Å². The number of halogens is 1. The van der Waals surface area contributed by atoms with E-state index < -0.39 is 5.97 Å². The predicted molar refractivity (Wildman–Crippen MR) is 54.2 cm³/mol. The fourth-order valence-corrected chi connectivity index (χ4v) is 1.15. The minimum absolute atomic E-state index is 0.0184. The van der Waals surface area contributed by atoms with Crippen LogP contribution in [0.15, 0.2) is 12.1 Å². The molecule has 1 aromatic heterocycles. The Hall–Kier alpha value is -1.62. The van der Waals surface area contributed by atoms with Crippen LogP contribution in [0.2, 0.25) is 5.02 Å². The zero-order valence-corrected chi connectivity index (χ0v) is 8.95. The summed E-state index contributed by atoms with van der Waals surface area (Å²) in [6, 6.07) is 2.52. The molecule has 80 valence electrons. The molecule has 0 radical (unpaired) electrons. The van der Waals surface area contributed by atoms with E-state index in [0.29, 0.717) is 0 Å². The quantitative estimate of drug-likeness (QED) is 0.824. The lowest BCUT2D eigenvalue weighted by Crippen LogP contribution is -2.23. The molecule has 0 atom stereocenters. The van der Waals surface area contributed by atoms with Gasteiger partial charge in [0.05, 0.1) is 0 Å². The van der Waals surface area contributed by atoms with Gasteiger partial charge in [0.1, 0.15) is 5.69 Å². The van der Waals surface area contributed by atoms with E-state index in [0.717, 1.165) is 0 Å². The highest BCUT2D eigenvalue weighted by Crippen LogP contribution is 2.12. The number of hydrogen-bond acceptors (Lipinski definition) is 3. The van der Waals surface area contributed by atoms with Crippen LogP contribution >= 0.6 is 11.6 Å². The second-order valence-electron chi connectivity index (χ2n) is 3.06. The van der Waals surface area contributed by atoms with Crippen LogP contribution in [0.5, 0.6) is 0 Å². The molecule has 0 spiro atoms. The Kier molecular flexibility index (Phi) is 3.26. The van der Waals surface area contributed by atoms with E-state index in [1.807, 2.05) is 0 Å². The lowest BCUT2D eigenvalue weighted by atomic mass is 10.3. The first-order valence-electron chi connectivity index (χ1n) is 4.04. The standard InChI is InChI=1S/C9H9ClN2O3/c1-12(2)8(13)6-3-5(10)4-7(11-6)9(14)15/h3-4H,1-2H3,(H,14,15). The molecule has 0 aromatic carbocycles. The molecule has 0 saturated heterocycles. The van der Waals surface area contributed by atoms with Crippen molar-refractivity contribution in [1.82, 2.24) is 9.88 Å². The summed E-state index contributed by atoms with van der Waals surface area (Å²) in [7, 11) is 3.09. The molecule has 0 fully saturated rings. The van der Waals surface area contributed by atoms with Crippen molar-refractivity contribution < 1.29 is 14.7 Å². The van der Waals surface area contributed by atoms with E-state index in [1.54, 1.807) is 14.1 Å². The van der Waals surface area contributed by atoms with E-state index in [-0.39, 0.29) is 22.3 Å². The van der Waals surface area contributed by atoms with E-state index in [1.165, 1.54) is 17.0 Å². The molecule has 0 aliphatic heterocycles. The Morgan fingerprint density at radius 3 is 2.33 bits per heavy atom. The normalized spacial score (nSPS) is 9.80. The van der Waals surface area contributed by atoms with Crippen LogP contribution in [-0.2, 0) is 0 Å². The first kappa shape index (κ1) is 11.5. The van der Waals surface area contributed by atoms with Gasteiger partial charge in [0, 0.05) is 19.1 Å². The zero-order valence-electron chi connectivity index (χ0n) is 8.19. The number of hydrogen-bond donors (Lipinski definition) is 1. The van der Waals surface area contributed by atoms with Crippen molar-refractivity contribution in [1.29, 1.82) is 0 Å². The Bertz CT molecular complexity index is 418. The van der Waals surface area contributed by atoms with Crippen LogP contribution in [0.3, 0.4) is 0 Å². The summed E-state index contributed by atoms with van der Waals surface area (Å²) in [6.45, 7) is 0. The Morgan fingerprint density at radius 2 is 1.87 bits per heavy atom. The van der Waals surface area contributed by atoms with Crippen LogP contribution < -0.4 is 0 Å². The molecule has 1 aromatic rings. The van der Waals surface area contributed by atoms with Gasteiger partial charge in [-0.2, -0.15) is 0 Å². The molecule has 0 unspecified atom stereocenters. The molecular formula is C9H9ClN2O3. The van der Waals surface area contributed by atoms with Crippen molar-refractivity contribution >= 4 is 23.5 Å². The van der Waals surface area contributed by atoms with Gasteiger partial charge < -0.3 is 10.0 Å². The second kappa shape index (κ2) is 4.27. The molecule has 1 N–H and O–H groups in total. The first-order chi connectivity index (χ1) is 6.91. The number of aromatic nitrogens is 1. The first-order valence-corrected chi connectivity index (χ1v) is 4.42. The summed E-state index contributed by atoms with van der Waals surface area (Å²) < 4.78 is 0. The van der Waals surface area contributed by atoms with Gasteiger partial charge >= 0.3 is 5.97 Å². The van der Waals surface area contributed by atoms with Crippen LogP contribution in [0.1, 0.15) is 21.0 Å². The fraction of sp³-hybridized carbons (Fsp3) is 0.222. The topological polar surface area (TPSA) is 70.5 Å². The Labute approximate surface area is 91.3 Å². The highest BCUT2D eigenvalue weighted by atomic mass is 35.5. The van der Waals surface area contributed by atoms with Crippen LogP contribution in [-0.4, -0.2) is 41.0 Å². The fourth-order valence-electron chi connectivity index (χ4n) is 0.945. The zero-order chi connectivity index (χ0) is 11.6. The van der Waals surface area contributed by atoms with E-state index in [2.05, 4.69) is 4.98 Å². The Balaban J connectivity index is 3.20. The number of amides is 1. The summed E-state index contributed by atoms with van der Waals surface area (Å²) in [5.74, 6) is -1.61. The molecule has 5 nitrogen and oxygen atoms in total. The largest absolute Gasteiger partial charge is 0.477 e. The smallest absolute Gasteiger partial charge is 0.354 e. The predicted octanol–water partition coefficient (Wildman–Crippen LogP) is 1.14. The average Bonchev–Trinajstić information content (AvgIpc) is 2.15. The number of aromatic carboxylic acids is 1. The molecule has 0 saturated carbocycles. The third-order valence-corrected chi connectivity index (χ3v) is 1.85. The average molecular weight is 229 g/mol. The number of carbonyl (C=O) groups excluding carboxylic acids is 1. The minimum Gasteiger partial charge on any atom is -0.477 e.